The summed E-state index contributed by atoms with van der Waals surface area (Å²) in [5.74, 6) is -1.13. The third kappa shape index (κ3) is 3.48. The van der Waals surface area contributed by atoms with Gasteiger partial charge in [-0.25, -0.2) is 4.79 Å². The standard InChI is InChI=1S/C14H19N3O3/c15-11(13(18)19)8-16-14(20)17-12-7-3-5-9-4-1-2-6-10(9)12/h1-2,4,6,11-12H,3,5,7-8,15H2,(H,18,19)(H2,16,17,20)/t11-,12?/m0/s1. The number of nitrogens with one attached hydrogen (secondary N) is 2. The molecule has 0 bridgehead atoms. The molecular formula is C14H19N3O3. The van der Waals surface area contributed by atoms with Crippen LogP contribution in [0.1, 0.15) is 30.0 Å². The fourth-order valence-electron chi connectivity index (χ4n) is 2.40. The monoisotopic (exact) mass is 277 g/mol. The first-order chi connectivity index (χ1) is 9.58. The third-order valence-corrected chi connectivity index (χ3v) is 3.47. The first-order valence-corrected chi connectivity index (χ1v) is 6.68. The molecule has 0 spiro atoms. The van der Waals surface area contributed by atoms with Gasteiger partial charge in [-0.1, -0.05) is 24.3 Å². The SMILES string of the molecule is N[C@@H](CNC(=O)NC1CCCc2ccccc21)C(=O)O. The van der Waals surface area contributed by atoms with Crippen LogP contribution in [-0.4, -0.2) is 29.7 Å². The zero-order valence-corrected chi connectivity index (χ0v) is 11.1. The van der Waals surface area contributed by atoms with E-state index in [9.17, 15) is 9.59 Å². The van der Waals surface area contributed by atoms with Gasteiger partial charge in [-0.05, 0) is 30.4 Å². The summed E-state index contributed by atoms with van der Waals surface area (Å²) in [5.41, 5.74) is 7.72. The second-order valence-electron chi connectivity index (χ2n) is 4.94. The van der Waals surface area contributed by atoms with Crippen LogP contribution in [0.15, 0.2) is 24.3 Å². The molecule has 20 heavy (non-hydrogen) atoms. The Morgan fingerprint density at radius 1 is 1.40 bits per heavy atom. The van der Waals surface area contributed by atoms with E-state index in [1.807, 2.05) is 18.2 Å². The molecule has 0 aromatic heterocycles. The Balaban J connectivity index is 1.91. The molecule has 0 saturated carbocycles. The van der Waals surface area contributed by atoms with Gasteiger partial charge in [0, 0.05) is 6.54 Å². The summed E-state index contributed by atoms with van der Waals surface area (Å²) in [6.45, 7) is -0.0878. The maximum Gasteiger partial charge on any atom is 0.322 e. The third-order valence-electron chi connectivity index (χ3n) is 3.47. The van der Waals surface area contributed by atoms with Gasteiger partial charge >= 0.3 is 12.0 Å². The van der Waals surface area contributed by atoms with Crippen LogP contribution in [0.2, 0.25) is 0 Å². The quantitative estimate of drug-likeness (QED) is 0.652. The summed E-state index contributed by atoms with van der Waals surface area (Å²) >= 11 is 0. The fraction of sp³-hybridized carbons (Fsp3) is 0.429. The molecule has 0 saturated heterocycles. The first kappa shape index (κ1) is 14.3. The number of urea groups is 1. The van der Waals surface area contributed by atoms with E-state index < -0.39 is 12.0 Å². The minimum Gasteiger partial charge on any atom is -0.480 e. The van der Waals surface area contributed by atoms with E-state index in [1.54, 1.807) is 0 Å². The molecule has 1 aliphatic carbocycles. The lowest BCUT2D eigenvalue weighted by Gasteiger charge is -2.26. The van der Waals surface area contributed by atoms with Crippen molar-refractivity contribution in [2.45, 2.75) is 31.3 Å². The number of fused-ring (bicyclic) bond motifs is 1. The minimum absolute atomic E-state index is 0.0268. The van der Waals surface area contributed by atoms with Gasteiger partial charge in [0.1, 0.15) is 6.04 Å². The molecule has 108 valence electrons. The number of carbonyl (C=O) groups excluding carboxylic acids is 1. The number of amides is 2. The van der Waals surface area contributed by atoms with Crippen molar-refractivity contribution in [3.05, 3.63) is 35.4 Å². The molecule has 5 N–H and O–H groups in total. The fourth-order valence-corrected chi connectivity index (χ4v) is 2.40. The molecular weight excluding hydrogens is 258 g/mol. The van der Waals surface area contributed by atoms with Crippen LogP contribution < -0.4 is 16.4 Å². The number of rotatable bonds is 4. The molecule has 2 amide bonds. The molecule has 1 aliphatic rings. The zero-order chi connectivity index (χ0) is 14.5. The molecule has 0 radical (unpaired) electrons. The molecule has 6 nitrogen and oxygen atoms in total. The van der Waals surface area contributed by atoms with Crippen LogP contribution in [0.3, 0.4) is 0 Å². The molecule has 0 fully saturated rings. The lowest BCUT2D eigenvalue weighted by atomic mass is 9.88. The molecule has 2 atom stereocenters. The maximum absolute atomic E-state index is 11.8. The summed E-state index contributed by atoms with van der Waals surface area (Å²) in [6, 6.07) is 6.54. The Kier molecular flexibility index (Phi) is 4.57. The largest absolute Gasteiger partial charge is 0.480 e. The van der Waals surface area contributed by atoms with Gasteiger partial charge < -0.3 is 21.5 Å². The number of hydrogen-bond acceptors (Lipinski definition) is 3. The van der Waals surface area contributed by atoms with Crippen LogP contribution in [0.25, 0.3) is 0 Å². The van der Waals surface area contributed by atoms with Crippen LogP contribution in [-0.2, 0) is 11.2 Å². The van der Waals surface area contributed by atoms with Gasteiger partial charge in [-0.2, -0.15) is 0 Å². The van der Waals surface area contributed by atoms with E-state index in [4.69, 9.17) is 10.8 Å². The number of benzene rings is 1. The van der Waals surface area contributed by atoms with Crippen molar-refractivity contribution in [2.75, 3.05) is 6.54 Å². The van der Waals surface area contributed by atoms with Crippen LogP contribution in [0, 0.1) is 0 Å². The van der Waals surface area contributed by atoms with Gasteiger partial charge in [0.2, 0.25) is 0 Å². The highest BCUT2D eigenvalue weighted by Gasteiger charge is 2.21. The van der Waals surface area contributed by atoms with Gasteiger partial charge in [0.25, 0.3) is 0 Å². The average molecular weight is 277 g/mol. The second kappa shape index (κ2) is 6.38. The van der Waals surface area contributed by atoms with Gasteiger partial charge in [-0.15, -0.1) is 0 Å². The summed E-state index contributed by atoms with van der Waals surface area (Å²) < 4.78 is 0. The smallest absolute Gasteiger partial charge is 0.322 e. The number of carboxylic acid groups (broad SMARTS) is 1. The number of aryl methyl sites for hydroxylation is 1. The highest BCUT2D eigenvalue weighted by atomic mass is 16.4. The van der Waals surface area contributed by atoms with E-state index in [0.29, 0.717) is 0 Å². The van der Waals surface area contributed by atoms with Crippen molar-refractivity contribution in [3.63, 3.8) is 0 Å². The van der Waals surface area contributed by atoms with E-state index in [0.717, 1.165) is 24.8 Å². The van der Waals surface area contributed by atoms with Crippen LogP contribution >= 0.6 is 0 Å². The zero-order valence-electron chi connectivity index (χ0n) is 11.1. The Labute approximate surface area is 117 Å². The van der Waals surface area contributed by atoms with E-state index in [1.165, 1.54) is 5.56 Å². The molecule has 1 unspecified atom stereocenters. The van der Waals surface area contributed by atoms with Crippen molar-refractivity contribution in [1.82, 2.24) is 10.6 Å². The molecule has 1 aromatic carbocycles. The van der Waals surface area contributed by atoms with Crippen LogP contribution in [0.5, 0.6) is 0 Å². The van der Waals surface area contributed by atoms with Crippen LogP contribution in [0.4, 0.5) is 4.79 Å². The predicted octanol–water partition coefficient (Wildman–Crippen LogP) is 0.775. The second-order valence-corrected chi connectivity index (χ2v) is 4.94. The Hall–Kier alpha value is -2.08. The van der Waals surface area contributed by atoms with E-state index in [-0.39, 0.29) is 18.6 Å². The number of nitrogens with two attached hydrogens (primary N) is 1. The summed E-state index contributed by atoms with van der Waals surface area (Å²) in [7, 11) is 0. The normalized spacial score (nSPS) is 18.8. The summed E-state index contributed by atoms with van der Waals surface area (Å²) in [4.78, 5) is 22.3. The average Bonchev–Trinajstić information content (AvgIpc) is 2.45. The Bertz CT molecular complexity index is 504. The van der Waals surface area contributed by atoms with Crippen molar-refractivity contribution in [3.8, 4) is 0 Å². The highest BCUT2D eigenvalue weighted by Crippen LogP contribution is 2.29. The minimum atomic E-state index is -1.13. The Morgan fingerprint density at radius 2 is 2.15 bits per heavy atom. The van der Waals surface area contributed by atoms with Gasteiger partial charge in [0.05, 0.1) is 6.04 Å². The molecule has 6 heteroatoms. The van der Waals surface area contributed by atoms with Crippen molar-refractivity contribution >= 4 is 12.0 Å². The molecule has 0 heterocycles. The summed E-state index contributed by atoms with van der Waals surface area (Å²) in [6.07, 6.45) is 2.94. The van der Waals surface area contributed by atoms with Gasteiger partial charge in [-0.3, -0.25) is 4.79 Å². The topological polar surface area (TPSA) is 104 Å². The number of carboxylic acids is 1. The van der Waals surface area contributed by atoms with E-state index >= 15 is 0 Å². The lowest BCUT2D eigenvalue weighted by Crippen LogP contribution is -2.46. The maximum atomic E-state index is 11.8. The molecule has 2 rings (SSSR count). The summed E-state index contributed by atoms with van der Waals surface area (Å²) in [5, 5.41) is 14.0. The number of carbonyl (C=O) groups is 2. The first-order valence-electron chi connectivity index (χ1n) is 6.68. The van der Waals surface area contributed by atoms with Crippen molar-refractivity contribution in [2.24, 2.45) is 5.73 Å². The van der Waals surface area contributed by atoms with Crippen molar-refractivity contribution in [1.29, 1.82) is 0 Å². The number of aliphatic carboxylic acids is 1. The molecule has 0 aliphatic heterocycles. The van der Waals surface area contributed by atoms with E-state index in [2.05, 4.69) is 16.7 Å². The number of hydrogen-bond donors (Lipinski definition) is 4. The Morgan fingerprint density at radius 3 is 2.90 bits per heavy atom. The van der Waals surface area contributed by atoms with Gasteiger partial charge in [0.15, 0.2) is 0 Å². The predicted molar refractivity (Wildman–Crippen MR) is 74.3 cm³/mol. The molecule has 1 aromatic rings. The highest BCUT2D eigenvalue weighted by molar-refractivity contribution is 5.77. The lowest BCUT2D eigenvalue weighted by molar-refractivity contribution is -0.138. The van der Waals surface area contributed by atoms with Crippen molar-refractivity contribution < 1.29 is 14.7 Å².